The number of rotatable bonds is 3. The first-order valence-corrected chi connectivity index (χ1v) is 6.56. The van der Waals surface area contributed by atoms with Crippen LogP contribution in [0.2, 0.25) is 0 Å². The van der Waals surface area contributed by atoms with Gasteiger partial charge < -0.3 is 19.7 Å². The smallest absolute Gasteiger partial charge is 0.346 e. The molecule has 0 bridgehead atoms. The molecule has 0 aromatic carbocycles. The van der Waals surface area contributed by atoms with E-state index in [2.05, 4.69) is 9.47 Å². The lowest BCUT2D eigenvalue weighted by atomic mass is 9.97. The topological polar surface area (TPSA) is 127 Å². The van der Waals surface area contributed by atoms with E-state index in [0.29, 0.717) is 0 Å². The third-order valence-corrected chi connectivity index (χ3v) is 2.39. The second-order valence-corrected chi connectivity index (χ2v) is 6.81. The molecule has 0 aliphatic carbocycles. The van der Waals surface area contributed by atoms with Gasteiger partial charge in [-0.15, -0.1) is 0 Å². The number of carbonyl (C=O) groups excluding carboxylic acids is 4. The Morgan fingerprint density at radius 3 is 1.09 bits per heavy atom. The van der Waals surface area contributed by atoms with Crippen LogP contribution in [0.25, 0.3) is 0 Å². The lowest BCUT2D eigenvalue weighted by Gasteiger charge is -2.20. The normalized spacial score (nSPS) is 14.7. The Bertz CT molecular complexity index is 422. The summed E-state index contributed by atoms with van der Waals surface area (Å²) in [7, 11) is 0. The van der Waals surface area contributed by atoms with E-state index in [-0.39, 0.29) is 0 Å². The first-order valence-electron chi connectivity index (χ1n) is 6.56. The van der Waals surface area contributed by atoms with Crippen molar-refractivity contribution in [2.24, 2.45) is 10.8 Å². The van der Waals surface area contributed by atoms with Crippen molar-refractivity contribution in [2.75, 3.05) is 0 Å². The van der Waals surface area contributed by atoms with Gasteiger partial charge >= 0.3 is 23.9 Å². The van der Waals surface area contributed by atoms with E-state index in [1.165, 1.54) is 41.5 Å². The van der Waals surface area contributed by atoms with Gasteiger partial charge in [0.05, 0.1) is 10.8 Å². The van der Waals surface area contributed by atoms with Crippen LogP contribution in [0, 0.1) is 10.8 Å². The van der Waals surface area contributed by atoms with Gasteiger partial charge in [0.15, 0.2) is 12.2 Å². The molecule has 0 fully saturated rings. The average Bonchev–Trinajstić information content (AvgIpc) is 2.34. The molecule has 0 aromatic rings. The van der Waals surface area contributed by atoms with Gasteiger partial charge in [-0.05, 0) is 41.5 Å². The number of aliphatic hydroxyl groups is 2. The Morgan fingerprint density at radius 1 is 0.682 bits per heavy atom. The molecule has 8 nitrogen and oxygen atoms in total. The first kappa shape index (κ1) is 20.2. The zero-order chi connectivity index (χ0) is 17.9. The van der Waals surface area contributed by atoms with Crippen molar-refractivity contribution in [1.82, 2.24) is 0 Å². The van der Waals surface area contributed by atoms with Gasteiger partial charge in [-0.25, -0.2) is 9.59 Å². The van der Waals surface area contributed by atoms with Crippen LogP contribution in [0.15, 0.2) is 0 Å². The van der Waals surface area contributed by atoms with Crippen LogP contribution in [-0.2, 0) is 28.7 Å². The summed E-state index contributed by atoms with van der Waals surface area (Å²) in [5, 5.41) is 19.0. The summed E-state index contributed by atoms with van der Waals surface area (Å²) < 4.78 is 8.68. The van der Waals surface area contributed by atoms with Crippen LogP contribution in [0.5, 0.6) is 0 Å². The van der Waals surface area contributed by atoms with Crippen LogP contribution >= 0.6 is 0 Å². The molecule has 0 rings (SSSR count). The molecular formula is C14H22O8. The van der Waals surface area contributed by atoms with E-state index < -0.39 is 46.9 Å². The zero-order valence-electron chi connectivity index (χ0n) is 13.5. The minimum atomic E-state index is -2.34. The summed E-state index contributed by atoms with van der Waals surface area (Å²) in [5.74, 6) is -4.90. The molecule has 0 aliphatic heterocycles. The SMILES string of the molecule is CC(C)(C)C(=O)OC(=O)[C@H](O)[C@@H](O)C(=O)OC(=O)C(C)(C)C. The number of ether oxygens (including phenoxy) is 2. The minimum Gasteiger partial charge on any atom is -0.391 e. The Labute approximate surface area is 128 Å². The molecule has 0 radical (unpaired) electrons. The maximum absolute atomic E-state index is 11.5. The minimum absolute atomic E-state index is 0.942. The third-order valence-electron chi connectivity index (χ3n) is 2.39. The van der Waals surface area contributed by atoms with Crippen molar-refractivity contribution in [3.8, 4) is 0 Å². The lowest BCUT2D eigenvalue weighted by Crippen LogP contribution is -2.44. The first-order chi connectivity index (χ1) is 9.67. The molecule has 0 saturated carbocycles. The van der Waals surface area contributed by atoms with E-state index >= 15 is 0 Å². The molecule has 22 heavy (non-hydrogen) atoms. The van der Waals surface area contributed by atoms with Crippen molar-refractivity contribution >= 4 is 23.9 Å². The number of carbonyl (C=O) groups is 4. The van der Waals surface area contributed by atoms with Gasteiger partial charge in [0.1, 0.15) is 0 Å². The second-order valence-electron chi connectivity index (χ2n) is 6.81. The molecule has 0 amide bonds. The highest BCUT2D eigenvalue weighted by Crippen LogP contribution is 2.17. The molecule has 0 aromatic heterocycles. The van der Waals surface area contributed by atoms with Crippen molar-refractivity contribution in [3.63, 3.8) is 0 Å². The Kier molecular flexibility index (Phi) is 6.40. The molecule has 0 unspecified atom stereocenters. The monoisotopic (exact) mass is 318 g/mol. The number of aliphatic hydroxyl groups excluding tert-OH is 2. The number of hydrogen-bond acceptors (Lipinski definition) is 8. The van der Waals surface area contributed by atoms with Gasteiger partial charge in [0.25, 0.3) is 0 Å². The predicted molar refractivity (Wildman–Crippen MR) is 73.1 cm³/mol. The quantitative estimate of drug-likeness (QED) is 0.547. The van der Waals surface area contributed by atoms with E-state index in [1.54, 1.807) is 0 Å². The molecule has 2 atom stereocenters. The number of hydrogen-bond donors (Lipinski definition) is 2. The molecule has 0 saturated heterocycles. The fourth-order valence-corrected chi connectivity index (χ4v) is 0.867. The molecular weight excluding hydrogens is 296 g/mol. The molecule has 0 spiro atoms. The molecule has 126 valence electrons. The highest BCUT2D eigenvalue weighted by atomic mass is 16.6. The standard InChI is InChI=1S/C14H22O8/c1-13(2,3)11(19)21-9(17)7(15)8(16)10(18)22-12(20)14(4,5)6/h7-8,15-16H,1-6H3/t7-,8-/m1/s1. The van der Waals surface area contributed by atoms with Gasteiger partial charge in [-0.1, -0.05) is 0 Å². The highest BCUT2D eigenvalue weighted by Gasteiger charge is 2.38. The predicted octanol–water partition coefficient (Wildman–Crippen LogP) is -0.0600. The summed E-state index contributed by atoms with van der Waals surface area (Å²) >= 11 is 0. The van der Waals surface area contributed by atoms with Gasteiger partial charge in [-0.3, -0.25) is 9.59 Å². The van der Waals surface area contributed by atoms with Gasteiger partial charge in [0.2, 0.25) is 0 Å². The molecule has 2 N–H and O–H groups in total. The fourth-order valence-electron chi connectivity index (χ4n) is 0.867. The maximum atomic E-state index is 11.5. The highest BCUT2D eigenvalue weighted by molar-refractivity contribution is 5.96. The van der Waals surface area contributed by atoms with Crippen LogP contribution in [0.4, 0.5) is 0 Å². The van der Waals surface area contributed by atoms with Crippen molar-refractivity contribution in [2.45, 2.75) is 53.8 Å². The summed E-state index contributed by atoms with van der Waals surface area (Å²) in [6.07, 6.45) is -4.68. The Hall–Kier alpha value is -1.80. The van der Waals surface area contributed by atoms with Crippen LogP contribution in [0.3, 0.4) is 0 Å². The largest absolute Gasteiger partial charge is 0.391 e. The van der Waals surface area contributed by atoms with E-state index in [4.69, 9.17) is 0 Å². The summed E-state index contributed by atoms with van der Waals surface area (Å²) in [6, 6.07) is 0. The van der Waals surface area contributed by atoms with E-state index in [1.807, 2.05) is 0 Å². The Balaban J connectivity index is 4.75. The molecule has 0 heterocycles. The lowest BCUT2D eigenvalue weighted by molar-refractivity contribution is -0.184. The number of esters is 4. The van der Waals surface area contributed by atoms with E-state index in [0.717, 1.165) is 0 Å². The van der Waals surface area contributed by atoms with Gasteiger partial charge in [-0.2, -0.15) is 0 Å². The molecule has 8 heteroatoms. The van der Waals surface area contributed by atoms with Gasteiger partial charge in [0, 0.05) is 0 Å². The van der Waals surface area contributed by atoms with Crippen LogP contribution < -0.4 is 0 Å². The van der Waals surface area contributed by atoms with Crippen LogP contribution in [0.1, 0.15) is 41.5 Å². The van der Waals surface area contributed by atoms with Crippen molar-refractivity contribution < 1.29 is 38.9 Å². The second kappa shape index (κ2) is 6.97. The van der Waals surface area contributed by atoms with Crippen molar-refractivity contribution in [1.29, 1.82) is 0 Å². The summed E-state index contributed by atoms with van der Waals surface area (Å²) in [5.41, 5.74) is -2.02. The zero-order valence-corrected chi connectivity index (χ0v) is 13.5. The summed E-state index contributed by atoms with van der Waals surface area (Å²) in [4.78, 5) is 45.9. The summed E-state index contributed by atoms with van der Waals surface area (Å²) in [6.45, 7) is 8.84. The third kappa shape index (κ3) is 5.90. The molecule has 0 aliphatic rings. The van der Waals surface area contributed by atoms with E-state index in [9.17, 15) is 29.4 Å². The Morgan fingerprint density at radius 2 is 0.909 bits per heavy atom. The van der Waals surface area contributed by atoms with Crippen LogP contribution in [-0.4, -0.2) is 46.3 Å². The average molecular weight is 318 g/mol. The maximum Gasteiger partial charge on any atom is 0.346 e. The fraction of sp³-hybridized carbons (Fsp3) is 0.714. The van der Waals surface area contributed by atoms with Crippen molar-refractivity contribution in [3.05, 3.63) is 0 Å².